The maximum absolute atomic E-state index is 13.1. The summed E-state index contributed by atoms with van der Waals surface area (Å²) in [5.41, 5.74) is 3.25. The molecule has 7 nitrogen and oxygen atoms in total. The Morgan fingerprint density at radius 2 is 1.85 bits per heavy atom. The summed E-state index contributed by atoms with van der Waals surface area (Å²) in [7, 11) is 4.28. The van der Waals surface area contributed by atoms with E-state index in [1.165, 1.54) is 11.3 Å². The van der Waals surface area contributed by atoms with Gasteiger partial charge in [0.2, 0.25) is 0 Å². The zero-order valence-corrected chi connectivity index (χ0v) is 21.4. The summed E-state index contributed by atoms with van der Waals surface area (Å²) in [6.07, 6.45) is 4.52. The number of aryl methyl sites for hydroxylation is 2. The fraction of sp³-hybridized carbons (Fsp3) is 0.560. The number of nitrogens with zero attached hydrogens (tertiary/aromatic N) is 3. The third-order valence-corrected chi connectivity index (χ3v) is 8.04. The smallest absolute Gasteiger partial charge is 0.254 e. The molecule has 0 unspecified atom stereocenters. The highest BCUT2D eigenvalue weighted by atomic mass is 32.1. The average molecular weight is 470 g/mol. The van der Waals surface area contributed by atoms with Crippen LogP contribution in [0, 0.1) is 32.1 Å². The highest BCUT2D eigenvalue weighted by Gasteiger charge is 2.30. The van der Waals surface area contributed by atoms with Crippen molar-refractivity contribution in [2.45, 2.75) is 72.0 Å². The zero-order chi connectivity index (χ0) is 24.3. The van der Waals surface area contributed by atoms with Crippen molar-refractivity contribution in [3.63, 3.8) is 0 Å². The topological polar surface area (TPSA) is 92.2 Å². The predicted molar refractivity (Wildman–Crippen MR) is 134 cm³/mol. The van der Waals surface area contributed by atoms with Gasteiger partial charge in [0.05, 0.1) is 10.6 Å². The van der Waals surface area contributed by atoms with Crippen molar-refractivity contribution in [2.75, 3.05) is 25.5 Å². The van der Waals surface area contributed by atoms with E-state index < -0.39 is 0 Å². The molecule has 1 saturated carbocycles. The Kier molecular flexibility index (Phi) is 7.98. The van der Waals surface area contributed by atoms with Gasteiger partial charge in [-0.15, -0.1) is 11.3 Å². The Bertz CT molecular complexity index is 1100. The van der Waals surface area contributed by atoms with Crippen molar-refractivity contribution in [1.82, 2.24) is 15.2 Å². The Balaban J connectivity index is 1.82. The van der Waals surface area contributed by atoms with Crippen LogP contribution in [0.1, 0.15) is 70.2 Å². The van der Waals surface area contributed by atoms with Crippen LogP contribution < -0.4 is 15.8 Å². The van der Waals surface area contributed by atoms with Crippen LogP contribution in [0.5, 0.6) is 0 Å². The normalized spacial score (nSPS) is 18.2. The van der Waals surface area contributed by atoms with Gasteiger partial charge in [0.1, 0.15) is 10.9 Å². The van der Waals surface area contributed by atoms with E-state index in [4.69, 9.17) is 0 Å². The second kappa shape index (κ2) is 10.5. The van der Waals surface area contributed by atoms with Crippen LogP contribution in [0.4, 0.5) is 5.00 Å². The SMILES string of the molecule is CCN(c1sc(C#N)c(C(=O)NCc2c(C)cc(C)[nH]c2=O)c1C)C1CCC(N(C)C)CC1. The summed E-state index contributed by atoms with van der Waals surface area (Å²) in [4.78, 5) is 33.3. The number of rotatable bonds is 7. The monoisotopic (exact) mass is 469 g/mol. The lowest BCUT2D eigenvalue weighted by Gasteiger charge is -2.39. The summed E-state index contributed by atoms with van der Waals surface area (Å²) < 4.78 is 0. The molecule has 0 spiro atoms. The number of amides is 1. The molecule has 2 heterocycles. The van der Waals surface area contributed by atoms with Crippen molar-refractivity contribution in [2.24, 2.45) is 0 Å². The molecule has 178 valence electrons. The maximum atomic E-state index is 13.1. The van der Waals surface area contributed by atoms with Gasteiger partial charge >= 0.3 is 0 Å². The number of H-pyrrole nitrogens is 1. The molecule has 8 heteroatoms. The maximum Gasteiger partial charge on any atom is 0.254 e. The first-order valence-electron chi connectivity index (χ1n) is 11.6. The number of pyridine rings is 1. The van der Waals surface area contributed by atoms with E-state index in [0.717, 1.165) is 54.0 Å². The Labute approximate surface area is 200 Å². The van der Waals surface area contributed by atoms with Crippen molar-refractivity contribution < 1.29 is 4.79 Å². The summed E-state index contributed by atoms with van der Waals surface area (Å²) in [6.45, 7) is 8.72. The van der Waals surface area contributed by atoms with Crippen molar-refractivity contribution in [1.29, 1.82) is 5.26 Å². The Morgan fingerprint density at radius 1 is 1.21 bits per heavy atom. The minimum atomic E-state index is -0.307. The lowest BCUT2D eigenvalue weighted by molar-refractivity contribution is 0.0950. The van der Waals surface area contributed by atoms with Gasteiger partial charge in [-0.2, -0.15) is 5.26 Å². The van der Waals surface area contributed by atoms with Crippen molar-refractivity contribution in [3.8, 4) is 6.07 Å². The molecule has 1 aliphatic carbocycles. The largest absolute Gasteiger partial charge is 0.360 e. The second-order valence-corrected chi connectivity index (χ2v) is 10.2. The Hall–Kier alpha value is -2.63. The summed E-state index contributed by atoms with van der Waals surface area (Å²) in [6, 6.07) is 5.15. The van der Waals surface area contributed by atoms with Crippen LogP contribution in [-0.2, 0) is 6.54 Å². The molecule has 3 rings (SSSR count). The number of carbonyl (C=O) groups excluding carboxylic acids is 1. The number of nitrogens with one attached hydrogen (secondary N) is 2. The first kappa shape index (κ1) is 25.0. The number of aromatic amines is 1. The van der Waals surface area contributed by atoms with Gasteiger partial charge in [-0.25, -0.2) is 0 Å². The lowest BCUT2D eigenvalue weighted by atomic mass is 9.89. The average Bonchev–Trinajstić information content (AvgIpc) is 3.10. The minimum Gasteiger partial charge on any atom is -0.360 e. The molecule has 1 aliphatic rings. The molecule has 2 aromatic heterocycles. The van der Waals surface area contributed by atoms with Crippen molar-refractivity contribution >= 4 is 22.2 Å². The fourth-order valence-corrected chi connectivity index (χ4v) is 6.18. The predicted octanol–water partition coefficient (Wildman–Crippen LogP) is 3.86. The van der Waals surface area contributed by atoms with Crippen LogP contribution in [0.15, 0.2) is 10.9 Å². The highest BCUT2D eigenvalue weighted by molar-refractivity contribution is 7.17. The first-order valence-corrected chi connectivity index (χ1v) is 12.4. The number of aromatic nitrogens is 1. The minimum absolute atomic E-state index is 0.127. The number of anilines is 1. The molecule has 0 bridgehead atoms. The molecule has 0 aromatic carbocycles. The summed E-state index contributed by atoms with van der Waals surface area (Å²) in [5.74, 6) is -0.307. The van der Waals surface area contributed by atoms with Crippen molar-refractivity contribution in [3.05, 3.63) is 49.2 Å². The molecule has 2 aromatic rings. The van der Waals surface area contributed by atoms with Crippen LogP contribution in [0.2, 0.25) is 0 Å². The number of thiophene rings is 1. The van der Waals surface area contributed by atoms with E-state index in [1.807, 2.05) is 26.8 Å². The van der Waals surface area contributed by atoms with E-state index in [2.05, 4.69) is 47.2 Å². The fourth-order valence-electron chi connectivity index (χ4n) is 4.94. The second-order valence-electron chi connectivity index (χ2n) is 9.19. The van der Waals surface area contributed by atoms with E-state index in [0.29, 0.717) is 28.1 Å². The quantitative estimate of drug-likeness (QED) is 0.642. The molecule has 0 aliphatic heterocycles. The lowest BCUT2D eigenvalue weighted by Crippen LogP contribution is -2.42. The van der Waals surface area contributed by atoms with E-state index in [1.54, 1.807) is 0 Å². The Morgan fingerprint density at radius 3 is 2.39 bits per heavy atom. The number of carbonyl (C=O) groups is 1. The van der Waals surface area contributed by atoms with Crippen LogP contribution in [0.25, 0.3) is 0 Å². The van der Waals surface area contributed by atoms with Crippen LogP contribution in [-0.4, -0.2) is 48.5 Å². The van der Waals surface area contributed by atoms with Gasteiger partial charge < -0.3 is 20.1 Å². The van der Waals surface area contributed by atoms with Gasteiger partial charge in [-0.1, -0.05) is 0 Å². The molecule has 0 radical (unpaired) electrons. The van der Waals surface area contributed by atoms with E-state index in [-0.39, 0.29) is 18.0 Å². The number of hydrogen-bond donors (Lipinski definition) is 2. The van der Waals surface area contributed by atoms with Gasteiger partial charge in [-0.05, 0) is 84.7 Å². The molecule has 1 amide bonds. The summed E-state index contributed by atoms with van der Waals surface area (Å²) >= 11 is 1.40. The van der Waals surface area contributed by atoms with Gasteiger partial charge in [0.15, 0.2) is 0 Å². The molecule has 0 saturated heterocycles. The summed E-state index contributed by atoms with van der Waals surface area (Å²) in [5, 5.41) is 13.7. The highest BCUT2D eigenvalue weighted by Crippen LogP contribution is 2.39. The molecule has 2 N–H and O–H groups in total. The van der Waals surface area contributed by atoms with E-state index in [9.17, 15) is 14.9 Å². The zero-order valence-electron chi connectivity index (χ0n) is 20.5. The molecular formula is C25H35N5O2S. The number of hydrogen-bond acceptors (Lipinski definition) is 6. The van der Waals surface area contributed by atoms with Gasteiger partial charge in [0, 0.05) is 36.4 Å². The van der Waals surface area contributed by atoms with Crippen LogP contribution in [0.3, 0.4) is 0 Å². The van der Waals surface area contributed by atoms with E-state index >= 15 is 0 Å². The molecule has 0 atom stereocenters. The third kappa shape index (κ3) is 5.31. The first-order chi connectivity index (χ1) is 15.7. The molecule has 33 heavy (non-hydrogen) atoms. The number of nitriles is 1. The van der Waals surface area contributed by atoms with Gasteiger partial charge in [0.25, 0.3) is 11.5 Å². The standard InChI is InChI=1S/C25H35N5O2S/c1-7-30(19-10-8-18(9-11-19)29(5)6)25-17(4)22(21(13-26)33-25)24(32)27-14-20-15(2)12-16(3)28-23(20)31/h12,18-19H,7-11,14H2,1-6H3,(H,27,32)(H,28,31). The molecular weight excluding hydrogens is 434 g/mol. The van der Waals surface area contributed by atoms with Gasteiger partial charge in [-0.3, -0.25) is 9.59 Å². The third-order valence-electron chi connectivity index (χ3n) is 6.81. The molecule has 1 fully saturated rings. The van der Waals surface area contributed by atoms with Crippen LogP contribution >= 0.6 is 11.3 Å².